The van der Waals surface area contributed by atoms with Gasteiger partial charge in [0.25, 0.3) is 5.91 Å². The van der Waals surface area contributed by atoms with E-state index in [4.69, 9.17) is 16.3 Å². The summed E-state index contributed by atoms with van der Waals surface area (Å²) in [6.45, 7) is 5.40. The second kappa shape index (κ2) is 8.66. The lowest BCUT2D eigenvalue weighted by Gasteiger charge is -2.39. The lowest BCUT2D eigenvalue weighted by molar-refractivity contribution is 0.0602. The molecule has 1 fully saturated rings. The Balaban J connectivity index is 1.49. The van der Waals surface area contributed by atoms with Crippen LogP contribution < -0.4 is 4.74 Å². The van der Waals surface area contributed by atoms with Crippen LogP contribution in [-0.4, -0.2) is 52.4 Å². The minimum Gasteiger partial charge on any atom is -0.474 e. The second-order valence-corrected chi connectivity index (χ2v) is 7.80. The molecule has 1 aliphatic heterocycles. The van der Waals surface area contributed by atoms with Crippen LogP contribution in [0.2, 0.25) is 0 Å². The predicted molar refractivity (Wildman–Crippen MR) is 119 cm³/mol. The van der Waals surface area contributed by atoms with Gasteiger partial charge in [0, 0.05) is 41.3 Å². The van der Waals surface area contributed by atoms with Crippen molar-refractivity contribution >= 4 is 5.91 Å². The maximum Gasteiger partial charge on any atom is 0.253 e. The number of nitrogens with one attached hydrogen (secondary N) is 1. The Morgan fingerprint density at radius 1 is 1.26 bits per heavy atom. The summed E-state index contributed by atoms with van der Waals surface area (Å²) in [5.74, 6) is 3.44. The summed E-state index contributed by atoms with van der Waals surface area (Å²) in [6.07, 6.45) is 5.42. The molecule has 4 rings (SSSR count). The molecule has 6 nitrogen and oxygen atoms in total. The number of carbonyl (C=O) groups excluding carboxylic acids is 1. The van der Waals surface area contributed by atoms with Crippen molar-refractivity contribution < 1.29 is 14.6 Å². The molecule has 6 heteroatoms. The summed E-state index contributed by atoms with van der Waals surface area (Å²) in [5.41, 5.74) is 6.33. The minimum absolute atomic E-state index is 0.0201. The van der Waals surface area contributed by atoms with Crippen LogP contribution in [0.15, 0.2) is 42.5 Å². The molecule has 0 radical (unpaired) electrons. The van der Waals surface area contributed by atoms with Gasteiger partial charge in [-0.05, 0) is 49.2 Å². The third-order valence-electron chi connectivity index (χ3n) is 5.77. The van der Waals surface area contributed by atoms with Crippen molar-refractivity contribution in [1.29, 1.82) is 0 Å². The first-order valence-corrected chi connectivity index (χ1v) is 10.3. The average molecular weight is 415 g/mol. The number of terminal acetylenes is 1. The lowest BCUT2D eigenvalue weighted by atomic mass is 9.90. The SMILES string of the molecule is C#Cc1ccc(C2CN(C(=O)c3ccc(C)c(-c4[nH]nc(OCCO)c4C)c3)C2)cc1. The molecule has 2 heterocycles. The predicted octanol–water partition coefficient (Wildman–Crippen LogP) is 3.29. The molecule has 0 bridgehead atoms. The first-order valence-electron chi connectivity index (χ1n) is 10.3. The molecule has 0 atom stereocenters. The molecular weight excluding hydrogens is 390 g/mol. The number of ether oxygens (including phenoxy) is 1. The largest absolute Gasteiger partial charge is 0.474 e. The van der Waals surface area contributed by atoms with Crippen molar-refractivity contribution in [2.24, 2.45) is 0 Å². The molecule has 1 amide bonds. The highest BCUT2D eigenvalue weighted by molar-refractivity contribution is 5.96. The van der Waals surface area contributed by atoms with E-state index in [0.29, 0.717) is 30.5 Å². The number of aryl methyl sites for hydroxylation is 1. The Hall–Kier alpha value is -3.56. The van der Waals surface area contributed by atoms with Crippen LogP contribution in [0.4, 0.5) is 0 Å². The van der Waals surface area contributed by atoms with Crippen molar-refractivity contribution in [1.82, 2.24) is 15.1 Å². The number of aromatic nitrogens is 2. The maximum atomic E-state index is 13.1. The highest BCUT2D eigenvalue weighted by atomic mass is 16.5. The maximum absolute atomic E-state index is 13.1. The number of benzene rings is 2. The topological polar surface area (TPSA) is 78.5 Å². The van der Waals surface area contributed by atoms with Crippen LogP contribution in [0, 0.1) is 26.2 Å². The zero-order valence-corrected chi connectivity index (χ0v) is 17.7. The van der Waals surface area contributed by atoms with E-state index in [1.165, 1.54) is 5.56 Å². The van der Waals surface area contributed by atoms with E-state index in [2.05, 4.69) is 16.1 Å². The molecule has 2 N–H and O–H groups in total. The van der Waals surface area contributed by atoms with Crippen molar-refractivity contribution in [2.45, 2.75) is 19.8 Å². The number of hydrogen-bond acceptors (Lipinski definition) is 4. The number of carbonyl (C=O) groups is 1. The monoisotopic (exact) mass is 415 g/mol. The Morgan fingerprint density at radius 3 is 2.68 bits per heavy atom. The van der Waals surface area contributed by atoms with E-state index < -0.39 is 0 Å². The first kappa shape index (κ1) is 20.7. The van der Waals surface area contributed by atoms with Crippen LogP contribution in [0.3, 0.4) is 0 Å². The number of amides is 1. The molecular formula is C25H25N3O3. The highest BCUT2D eigenvalue weighted by Gasteiger charge is 2.32. The Labute approximate surface area is 181 Å². The lowest BCUT2D eigenvalue weighted by Crippen LogP contribution is -2.48. The van der Waals surface area contributed by atoms with E-state index in [0.717, 1.165) is 27.9 Å². The van der Waals surface area contributed by atoms with Crippen LogP contribution in [0.5, 0.6) is 5.88 Å². The van der Waals surface area contributed by atoms with Gasteiger partial charge < -0.3 is 14.7 Å². The molecule has 1 saturated heterocycles. The summed E-state index contributed by atoms with van der Waals surface area (Å²) in [6, 6.07) is 13.7. The summed E-state index contributed by atoms with van der Waals surface area (Å²) < 4.78 is 5.46. The van der Waals surface area contributed by atoms with Gasteiger partial charge in [-0.1, -0.05) is 24.1 Å². The molecule has 0 saturated carbocycles. The van der Waals surface area contributed by atoms with Crippen LogP contribution >= 0.6 is 0 Å². The molecule has 1 aliphatic rings. The van der Waals surface area contributed by atoms with Gasteiger partial charge >= 0.3 is 0 Å². The standard InChI is InChI=1S/C25H25N3O3/c1-4-18-6-9-19(10-7-18)21-14-28(15-21)25(30)20-8-5-16(2)22(13-20)23-17(3)24(27-26-23)31-12-11-29/h1,5-10,13,21,29H,11-12,14-15H2,2-3H3,(H,26,27). The van der Waals surface area contributed by atoms with Gasteiger partial charge in [-0.25, -0.2) is 0 Å². The third-order valence-corrected chi connectivity index (χ3v) is 5.77. The van der Waals surface area contributed by atoms with Crippen molar-refractivity contribution in [3.63, 3.8) is 0 Å². The van der Waals surface area contributed by atoms with Gasteiger partial charge in [0.15, 0.2) is 0 Å². The molecule has 158 valence electrons. The van der Waals surface area contributed by atoms with Crippen molar-refractivity contribution in [3.8, 4) is 29.5 Å². The third kappa shape index (κ3) is 4.05. The van der Waals surface area contributed by atoms with Crippen molar-refractivity contribution in [3.05, 3.63) is 70.3 Å². The molecule has 1 aromatic heterocycles. The quantitative estimate of drug-likeness (QED) is 0.606. The summed E-state index contributed by atoms with van der Waals surface area (Å²) in [4.78, 5) is 14.9. The van der Waals surface area contributed by atoms with Gasteiger partial charge in [-0.15, -0.1) is 11.5 Å². The summed E-state index contributed by atoms with van der Waals surface area (Å²) in [7, 11) is 0. The highest BCUT2D eigenvalue weighted by Crippen LogP contribution is 2.32. The number of aliphatic hydroxyl groups excluding tert-OH is 1. The van der Waals surface area contributed by atoms with Gasteiger partial charge in [0.1, 0.15) is 6.61 Å². The first-order chi connectivity index (χ1) is 15.0. The molecule has 0 spiro atoms. The zero-order valence-electron chi connectivity index (χ0n) is 17.7. The summed E-state index contributed by atoms with van der Waals surface area (Å²) in [5, 5.41) is 16.2. The Morgan fingerprint density at radius 2 is 2.00 bits per heavy atom. The van der Waals surface area contributed by atoms with Crippen molar-refractivity contribution in [2.75, 3.05) is 26.3 Å². The minimum atomic E-state index is -0.0739. The molecule has 2 aromatic carbocycles. The van der Waals surface area contributed by atoms with E-state index in [9.17, 15) is 4.79 Å². The van der Waals surface area contributed by atoms with Gasteiger partial charge in [-0.2, -0.15) is 0 Å². The van der Waals surface area contributed by atoms with E-state index in [1.54, 1.807) is 0 Å². The van der Waals surface area contributed by atoms with E-state index in [-0.39, 0.29) is 19.1 Å². The van der Waals surface area contributed by atoms with E-state index >= 15 is 0 Å². The number of H-pyrrole nitrogens is 1. The fraction of sp³-hybridized carbons (Fsp3) is 0.280. The molecule has 0 aliphatic carbocycles. The Bertz CT molecular complexity index is 1140. The number of aliphatic hydroxyl groups is 1. The number of nitrogens with zero attached hydrogens (tertiary/aromatic N) is 2. The molecule has 3 aromatic rings. The number of aromatic amines is 1. The van der Waals surface area contributed by atoms with E-state index in [1.807, 2.05) is 61.2 Å². The van der Waals surface area contributed by atoms with Crippen LogP contribution in [0.25, 0.3) is 11.3 Å². The summed E-state index contributed by atoms with van der Waals surface area (Å²) >= 11 is 0. The average Bonchev–Trinajstić information content (AvgIpc) is 3.12. The van der Waals surface area contributed by atoms with Crippen LogP contribution in [0.1, 0.15) is 38.5 Å². The van der Waals surface area contributed by atoms with Gasteiger partial charge in [0.05, 0.1) is 12.3 Å². The normalized spacial score (nSPS) is 13.5. The number of rotatable bonds is 6. The second-order valence-electron chi connectivity index (χ2n) is 7.80. The van der Waals surface area contributed by atoms with Crippen LogP contribution in [-0.2, 0) is 0 Å². The molecule has 0 unspecified atom stereocenters. The zero-order chi connectivity index (χ0) is 22.0. The smallest absolute Gasteiger partial charge is 0.253 e. The fourth-order valence-corrected chi connectivity index (χ4v) is 3.84. The molecule has 31 heavy (non-hydrogen) atoms. The number of hydrogen-bond donors (Lipinski definition) is 2. The van der Waals surface area contributed by atoms with Gasteiger partial charge in [-0.3, -0.25) is 9.89 Å². The Kier molecular flexibility index (Phi) is 5.79. The van der Waals surface area contributed by atoms with Gasteiger partial charge in [0.2, 0.25) is 5.88 Å². The number of likely N-dealkylation sites (tertiary alicyclic amines) is 1. The fourth-order valence-electron chi connectivity index (χ4n) is 3.84.